The van der Waals surface area contributed by atoms with Gasteiger partial charge in [-0.15, -0.1) is 0 Å². The minimum atomic E-state index is -1.57. The Hall–Kier alpha value is -3.74. The van der Waals surface area contributed by atoms with Crippen molar-refractivity contribution in [2.24, 2.45) is 5.73 Å². The maximum Gasteiger partial charge on any atom is 0.341 e. The van der Waals surface area contributed by atoms with Crippen LogP contribution in [0.1, 0.15) is 49.9 Å². The number of esters is 1. The molecule has 2 aromatic rings. The topological polar surface area (TPSA) is 102 Å². The number of ether oxygens (including phenoxy) is 2. The van der Waals surface area contributed by atoms with Crippen LogP contribution in [0, 0.1) is 6.92 Å². The van der Waals surface area contributed by atoms with Crippen molar-refractivity contribution in [2.45, 2.75) is 45.6 Å². The van der Waals surface area contributed by atoms with Crippen LogP contribution in [0.3, 0.4) is 0 Å². The lowest BCUT2D eigenvalue weighted by atomic mass is 9.67. The van der Waals surface area contributed by atoms with Crippen LogP contribution < -0.4 is 15.4 Å². The van der Waals surface area contributed by atoms with E-state index >= 15 is 0 Å². The number of aryl methyl sites for hydroxylation is 1. The molecule has 170 valence electrons. The zero-order valence-electron chi connectivity index (χ0n) is 19.3. The zero-order valence-corrected chi connectivity index (χ0v) is 19.3. The van der Waals surface area contributed by atoms with Gasteiger partial charge in [0.15, 0.2) is 0 Å². The first kappa shape index (κ1) is 21.1. The molecule has 3 aliphatic heterocycles. The van der Waals surface area contributed by atoms with Crippen molar-refractivity contribution in [3.63, 3.8) is 0 Å². The van der Waals surface area contributed by atoms with Gasteiger partial charge in [0.1, 0.15) is 22.5 Å². The van der Waals surface area contributed by atoms with Gasteiger partial charge in [-0.25, -0.2) is 4.79 Å². The third-order valence-electron chi connectivity index (χ3n) is 6.77. The predicted molar refractivity (Wildman–Crippen MR) is 124 cm³/mol. The molecule has 5 rings (SSSR count). The Balaban J connectivity index is 1.98. The van der Waals surface area contributed by atoms with Crippen LogP contribution >= 0.6 is 0 Å². The standard InChI is InChI=1S/C26H26N2O5/c1-6-32-23(30)20-22(27)33-18-11-15(29)8-10-17(18)26(20)19-13(2)7-9-16-14(3)12-25(4,5)28(21(16)19)24(26)31/h7-12,29H,6,27H2,1-5H3. The molecule has 0 aliphatic carbocycles. The number of nitrogens with two attached hydrogens (primary N) is 1. The van der Waals surface area contributed by atoms with E-state index in [9.17, 15) is 14.7 Å². The smallest absolute Gasteiger partial charge is 0.341 e. The summed E-state index contributed by atoms with van der Waals surface area (Å²) in [5, 5.41) is 10.1. The molecule has 33 heavy (non-hydrogen) atoms. The molecule has 0 aromatic heterocycles. The van der Waals surface area contributed by atoms with Gasteiger partial charge in [0.2, 0.25) is 11.8 Å². The molecule has 1 spiro atoms. The van der Waals surface area contributed by atoms with Gasteiger partial charge >= 0.3 is 5.97 Å². The van der Waals surface area contributed by atoms with E-state index < -0.39 is 16.9 Å². The number of benzene rings is 2. The van der Waals surface area contributed by atoms with E-state index in [-0.39, 0.29) is 35.5 Å². The second-order valence-electron chi connectivity index (χ2n) is 9.27. The summed E-state index contributed by atoms with van der Waals surface area (Å²) >= 11 is 0. The fourth-order valence-electron chi connectivity index (χ4n) is 5.65. The lowest BCUT2D eigenvalue weighted by Crippen LogP contribution is -2.54. The number of phenolic OH excluding ortho intramolecular Hbond substituents is 1. The van der Waals surface area contributed by atoms with Gasteiger partial charge in [0, 0.05) is 22.8 Å². The Kier molecular flexibility index (Phi) is 4.25. The van der Waals surface area contributed by atoms with Crippen LogP contribution in [0.25, 0.3) is 5.57 Å². The maximum absolute atomic E-state index is 14.6. The monoisotopic (exact) mass is 446 g/mol. The number of anilines is 1. The highest BCUT2D eigenvalue weighted by molar-refractivity contribution is 6.21. The van der Waals surface area contributed by atoms with Gasteiger partial charge in [0.05, 0.1) is 17.8 Å². The molecular formula is C26H26N2O5. The third kappa shape index (κ3) is 2.50. The van der Waals surface area contributed by atoms with Gasteiger partial charge in [-0.05, 0) is 57.9 Å². The average molecular weight is 447 g/mol. The van der Waals surface area contributed by atoms with Gasteiger partial charge in [-0.3, -0.25) is 4.79 Å². The Morgan fingerprint density at radius 1 is 1.21 bits per heavy atom. The Bertz CT molecular complexity index is 1320. The van der Waals surface area contributed by atoms with Crippen molar-refractivity contribution in [3.8, 4) is 11.5 Å². The first-order chi connectivity index (χ1) is 15.6. The summed E-state index contributed by atoms with van der Waals surface area (Å²) in [6.45, 7) is 9.69. The molecule has 3 N–H and O–H groups in total. The predicted octanol–water partition coefficient (Wildman–Crippen LogP) is 3.65. The van der Waals surface area contributed by atoms with E-state index in [1.54, 1.807) is 17.9 Å². The Morgan fingerprint density at radius 3 is 2.64 bits per heavy atom. The summed E-state index contributed by atoms with van der Waals surface area (Å²) in [4.78, 5) is 29.7. The highest BCUT2D eigenvalue weighted by Crippen LogP contribution is 2.60. The van der Waals surface area contributed by atoms with Crippen molar-refractivity contribution >= 4 is 23.1 Å². The molecule has 3 heterocycles. The number of allylic oxidation sites excluding steroid dienone is 1. The van der Waals surface area contributed by atoms with Crippen molar-refractivity contribution in [1.82, 2.24) is 0 Å². The molecule has 0 fully saturated rings. The molecule has 0 saturated heterocycles. The van der Waals surface area contributed by atoms with Crippen molar-refractivity contribution in [2.75, 3.05) is 11.5 Å². The van der Waals surface area contributed by atoms with Gasteiger partial charge in [-0.1, -0.05) is 18.2 Å². The molecule has 1 amide bonds. The molecule has 1 atom stereocenters. The van der Waals surface area contributed by atoms with Crippen LogP contribution in [0.5, 0.6) is 11.5 Å². The fourth-order valence-corrected chi connectivity index (χ4v) is 5.65. The molecule has 2 aromatic carbocycles. The normalized spacial score (nSPS) is 22.0. The van der Waals surface area contributed by atoms with Crippen LogP contribution in [-0.2, 0) is 19.7 Å². The number of carbonyl (C=O) groups excluding carboxylic acids is 2. The molecule has 7 heteroatoms. The summed E-state index contributed by atoms with van der Waals surface area (Å²) in [5.41, 5.74) is 8.78. The largest absolute Gasteiger partial charge is 0.508 e. The molecule has 0 radical (unpaired) electrons. The summed E-state index contributed by atoms with van der Waals surface area (Å²) in [6.07, 6.45) is 2.06. The number of phenols is 1. The fraction of sp³-hybridized carbons (Fsp3) is 0.308. The van der Waals surface area contributed by atoms with E-state index in [2.05, 4.69) is 6.08 Å². The molecule has 3 aliphatic rings. The first-order valence-corrected chi connectivity index (χ1v) is 10.9. The van der Waals surface area contributed by atoms with Crippen molar-refractivity contribution in [3.05, 3.63) is 70.1 Å². The Morgan fingerprint density at radius 2 is 1.94 bits per heavy atom. The van der Waals surface area contributed by atoms with Crippen LogP contribution in [-0.4, -0.2) is 29.1 Å². The Labute approximate surface area is 192 Å². The van der Waals surface area contributed by atoms with Crippen LogP contribution in [0.15, 0.2) is 47.9 Å². The highest BCUT2D eigenvalue weighted by Gasteiger charge is 2.64. The van der Waals surface area contributed by atoms with Crippen molar-refractivity contribution in [1.29, 1.82) is 0 Å². The summed E-state index contributed by atoms with van der Waals surface area (Å²) in [7, 11) is 0. The number of carbonyl (C=O) groups is 2. The van der Waals surface area contributed by atoms with Crippen molar-refractivity contribution < 1.29 is 24.2 Å². The minimum Gasteiger partial charge on any atom is -0.508 e. The van der Waals surface area contributed by atoms with Gasteiger partial charge in [-0.2, -0.15) is 0 Å². The van der Waals surface area contributed by atoms with E-state index in [4.69, 9.17) is 15.2 Å². The van der Waals surface area contributed by atoms with E-state index in [1.165, 1.54) is 12.1 Å². The summed E-state index contributed by atoms with van der Waals surface area (Å²) < 4.78 is 11.2. The number of nitrogens with zero attached hydrogens (tertiary/aromatic N) is 1. The molecule has 7 nitrogen and oxygen atoms in total. The van der Waals surface area contributed by atoms with E-state index in [0.29, 0.717) is 11.1 Å². The second kappa shape index (κ2) is 6.63. The van der Waals surface area contributed by atoms with Crippen LogP contribution in [0.4, 0.5) is 5.69 Å². The van der Waals surface area contributed by atoms with E-state index in [0.717, 1.165) is 22.4 Å². The van der Waals surface area contributed by atoms with E-state index in [1.807, 2.05) is 39.8 Å². The third-order valence-corrected chi connectivity index (χ3v) is 6.77. The number of fused-ring (bicyclic) bond motifs is 3. The maximum atomic E-state index is 14.6. The lowest BCUT2D eigenvalue weighted by Gasteiger charge is -2.40. The number of hydrogen-bond acceptors (Lipinski definition) is 6. The first-order valence-electron chi connectivity index (χ1n) is 10.9. The van der Waals surface area contributed by atoms with Crippen LogP contribution in [0.2, 0.25) is 0 Å². The molecule has 1 unspecified atom stereocenters. The second-order valence-corrected chi connectivity index (χ2v) is 9.27. The SMILES string of the molecule is CCOC(=O)C1=C(N)Oc2cc(O)ccc2C12C(=O)N1c3c(ccc(C)c32)C(C)=CC1(C)C. The van der Waals surface area contributed by atoms with Gasteiger partial charge in [0.25, 0.3) is 0 Å². The molecule has 0 bridgehead atoms. The highest BCUT2D eigenvalue weighted by atomic mass is 16.5. The minimum absolute atomic E-state index is 0.0353. The van der Waals surface area contributed by atoms with Gasteiger partial charge < -0.3 is 25.2 Å². The average Bonchev–Trinajstić information content (AvgIpc) is 2.98. The quantitative estimate of drug-likeness (QED) is 0.683. The summed E-state index contributed by atoms with van der Waals surface area (Å²) in [6, 6.07) is 8.48. The molecule has 0 saturated carbocycles. The zero-order chi connectivity index (χ0) is 23.9. The number of rotatable bonds is 2. The molecular weight excluding hydrogens is 420 g/mol. The number of amides is 1. The lowest BCUT2D eigenvalue weighted by molar-refractivity contribution is -0.141. The number of aromatic hydroxyl groups is 1. The summed E-state index contributed by atoms with van der Waals surface area (Å²) in [5.74, 6) is -1.02. The number of hydrogen-bond donors (Lipinski definition) is 2.